The van der Waals surface area contributed by atoms with Crippen LogP contribution in [-0.2, 0) is 4.79 Å². The Morgan fingerprint density at radius 3 is 2.61 bits per heavy atom. The molecule has 3 N–H and O–H groups in total. The van der Waals surface area contributed by atoms with E-state index >= 15 is 0 Å². The lowest BCUT2D eigenvalue weighted by atomic mass is 10.1. The molecule has 0 aliphatic rings. The first-order valence-electron chi connectivity index (χ1n) is 5.43. The quantitative estimate of drug-likeness (QED) is 0.794. The Balaban J connectivity index is 3.06. The fraction of sp³-hybridized carbons (Fsp3) is 0.333. The molecule has 0 saturated carbocycles. The minimum atomic E-state index is -1.11. The first-order chi connectivity index (χ1) is 8.38. The van der Waals surface area contributed by atoms with Crippen molar-refractivity contribution >= 4 is 17.6 Å². The first-order valence-corrected chi connectivity index (χ1v) is 5.43. The first kappa shape index (κ1) is 14.0. The summed E-state index contributed by atoms with van der Waals surface area (Å²) in [5.74, 6) is -2.31. The predicted octanol–water partition coefficient (Wildman–Crippen LogP) is 1.34. The van der Waals surface area contributed by atoms with E-state index in [0.717, 1.165) is 17.0 Å². The fourth-order valence-electron chi connectivity index (χ4n) is 1.66. The van der Waals surface area contributed by atoms with Crippen molar-refractivity contribution in [1.82, 2.24) is 4.90 Å². The van der Waals surface area contributed by atoms with Gasteiger partial charge in [-0.2, -0.15) is 0 Å². The van der Waals surface area contributed by atoms with Crippen molar-refractivity contribution in [2.24, 2.45) is 0 Å². The average Bonchev–Trinajstić information content (AvgIpc) is 2.31. The molecule has 0 heterocycles. The van der Waals surface area contributed by atoms with Crippen LogP contribution < -0.4 is 5.73 Å². The molecule has 0 saturated heterocycles. The molecule has 18 heavy (non-hydrogen) atoms. The van der Waals surface area contributed by atoms with Crippen LogP contribution >= 0.6 is 0 Å². The number of likely N-dealkylation sites (N-methyl/N-ethyl adjacent to an activating group) is 1. The van der Waals surface area contributed by atoms with Gasteiger partial charge in [-0.05, 0) is 24.6 Å². The van der Waals surface area contributed by atoms with Crippen molar-refractivity contribution in [3.05, 3.63) is 29.6 Å². The maximum atomic E-state index is 13.1. The fourth-order valence-corrected chi connectivity index (χ4v) is 1.66. The molecule has 0 aliphatic heterocycles. The maximum absolute atomic E-state index is 13.1. The van der Waals surface area contributed by atoms with Gasteiger partial charge in [-0.1, -0.05) is 6.92 Å². The van der Waals surface area contributed by atoms with Crippen LogP contribution in [0, 0.1) is 5.82 Å². The van der Waals surface area contributed by atoms with Crippen LogP contribution in [0.3, 0.4) is 0 Å². The SMILES string of the molecule is CCC(C(=O)O)N(C)C(=O)c1cc(F)ccc1N. The number of carboxylic acid groups (broad SMARTS) is 1. The topological polar surface area (TPSA) is 83.6 Å². The molecule has 5 nitrogen and oxygen atoms in total. The lowest BCUT2D eigenvalue weighted by Gasteiger charge is -2.24. The molecule has 0 aliphatic carbocycles. The van der Waals surface area contributed by atoms with E-state index < -0.39 is 23.7 Å². The Labute approximate surface area is 104 Å². The molecule has 1 unspecified atom stereocenters. The van der Waals surface area contributed by atoms with Gasteiger partial charge in [0, 0.05) is 12.7 Å². The van der Waals surface area contributed by atoms with Gasteiger partial charge in [0.25, 0.3) is 5.91 Å². The summed E-state index contributed by atoms with van der Waals surface area (Å²) in [7, 11) is 1.36. The zero-order valence-electron chi connectivity index (χ0n) is 10.2. The van der Waals surface area contributed by atoms with Gasteiger partial charge < -0.3 is 15.7 Å². The van der Waals surface area contributed by atoms with Crippen LogP contribution in [0.1, 0.15) is 23.7 Å². The van der Waals surface area contributed by atoms with Crippen LogP contribution in [0.15, 0.2) is 18.2 Å². The van der Waals surface area contributed by atoms with E-state index in [2.05, 4.69) is 0 Å². The van der Waals surface area contributed by atoms with E-state index in [-0.39, 0.29) is 17.7 Å². The van der Waals surface area contributed by atoms with Crippen molar-refractivity contribution in [2.75, 3.05) is 12.8 Å². The van der Waals surface area contributed by atoms with E-state index in [4.69, 9.17) is 10.8 Å². The number of carbonyl (C=O) groups is 2. The second-order valence-electron chi connectivity index (χ2n) is 3.91. The van der Waals surface area contributed by atoms with Crippen molar-refractivity contribution in [1.29, 1.82) is 0 Å². The molecule has 1 atom stereocenters. The third-order valence-corrected chi connectivity index (χ3v) is 2.71. The van der Waals surface area contributed by atoms with Gasteiger partial charge in [0.2, 0.25) is 0 Å². The lowest BCUT2D eigenvalue weighted by molar-refractivity contribution is -0.142. The number of hydrogen-bond donors (Lipinski definition) is 2. The number of nitrogens with two attached hydrogens (primary N) is 1. The number of benzene rings is 1. The van der Waals surface area contributed by atoms with Crippen molar-refractivity contribution in [3.8, 4) is 0 Å². The molecule has 6 heteroatoms. The molecule has 1 amide bonds. The molecule has 0 fully saturated rings. The summed E-state index contributed by atoms with van der Waals surface area (Å²) in [5, 5.41) is 8.96. The summed E-state index contributed by atoms with van der Waals surface area (Å²) in [6.45, 7) is 1.65. The highest BCUT2D eigenvalue weighted by Crippen LogP contribution is 2.17. The highest BCUT2D eigenvalue weighted by Gasteiger charge is 2.26. The number of amides is 1. The van der Waals surface area contributed by atoms with Crippen molar-refractivity contribution in [2.45, 2.75) is 19.4 Å². The monoisotopic (exact) mass is 254 g/mol. The third-order valence-electron chi connectivity index (χ3n) is 2.71. The lowest BCUT2D eigenvalue weighted by Crippen LogP contribution is -2.42. The molecule has 1 aromatic carbocycles. The van der Waals surface area contributed by atoms with Gasteiger partial charge in [0.05, 0.1) is 5.56 Å². The Morgan fingerprint density at radius 1 is 1.50 bits per heavy atom. The number of nitrogen functional groups attached to an aromatic ring is 1. The van der Waals surface area contributed by atoms with Crippen molar-refractivity contribution < 1.29 is 19.1 Å². The molecular weight excluding hydrogens is 239 g/mol. The number of aliphatic carboxylic acids is 1. The Morgan fingerprint density at radius 2 is 2.11 bits per heavy atom. The van der Waals surface area contributed by atoms with Gasteiger partial charge >= 0.3 is 5.97 Å². The van der Waals surface area contributed by atoms with Gasteiger partial charge in [-0.15, -0.1) is 0 Å². The number of rotatable bonds is 4. The average molecular weight is 254 g/mol. The highest BCUT2D eigenvalue weighted by atomic mass is 19.1. The zero-order valence-corrected chi connectivity index (χ0v) is 10.2. The standard InChI is InChI=1S/C12H15FN2O3/c1-3-10(12(17)18)15(2)11(16)8-6-7(13)4-5-9(8)14/h4-6,10H,3,14H2,1-2H3,(H,17,18). The molecule has 0 bridgehead atoms. The normalized spacial score (nSPS) is 11.9. The van der Waals surface area contributed by atoms with Gasteiger partial charge in [0.1, 0.15) is 11.9 Å². The summed E-state index contributed by atoms with van der Waals surface area (Å²) < 4.78 is 13.1. The molecule has 1 aromatic rings. The zero-order chi connectivity index (χ0) is 13.9. The summed E-state index contributed by atoms with van der Waals surface area (Å²) in [4.78, 5) is 24.0. The van der Waals surface area contributed by atoms with Crippen LogP contribution in [-0.4, -0.2) is 35.0 Å². The van der Waals surface area contributed by atoms with Crippen molar-refractivity contribution in [3.63, 3.8) is 0 Å². The van der Waals surface area contributed by atoms with Crippen LogP contribution in [0.4, 0.5) is 10.1 Å². The summed E-state index contributed by atoms with van der Waals surface area (Å²) >= 11 is 0. The van der Waals surface area contributed by atoms with Crippen LogP contribution in [0.5, 0.6) is 0 Å². The Kier molecular flexibility index (Phi) is 4.25. The van der Waals surface area contributed by atoms with Gasteiger partial charge in [0.15, 0.2) is 0 Å². The second-order valence-corrected chi connectivity index (χ2v) is 3.91. The smallest absolute Gasteiger partial charge is 0.326 e. The van der Waals surface area contributed by atoms with E-state index in [1.54, 1.807) is 6.92 Å². The molecule has 0 radical (unpaired) electrons. The molecular formula is C12H15FN2O3. The number of nitrogens with zero attached hydrogens (tertiary/aromatic N) is 1. The number of carboxylic acids is 1. The number of hydrogen-bond acceptors (Lipinski definition) is 3. The Bertz CT molecular complexity index is 476. The van der Waals surface area contributed by atoms with Gasteiger partial charge in [-0.3, -0.25) is 4.79 Å². The Hall–Kier alpha value is -2.11. The number of halogens is 1. The molecule has 0 spiro atoms. The van der Waals surface area contributed by atoms with E-state index in [1.807, 2.05) is 0 Å². The van der Waals surface area contributed by atoms with Crippen LogP contribution in [0.2, 0.25) is 0 Å². The number of anilines is 1. The van der Waals surface area contributed by atoms with E-state index in [1.165, 1.54) is 13.1 Å². The largest absolute Gasteiger partial charge is 0.480 e. The third kappa shape index (κ3) is 2.77. The summed E-state index contributed by atoms with van der Waals surface area (Å²) in [6, 6.07) is 2.46. The molecule has 0 aromatic heterocycles. The van der Waals surface area contributed by atoms with E-state index in [0.29, 0.717) is 0 Å². The van der Waals surface area contributed by atoms with E-state index in [9.17, 15) is 14.0 Å². The summed E-state index contributed by atoms with van der Waals surface area (Å²) in [6.07, 6.45) is 0.257. The number of carbonyl (C=O) groups excluding carboxylic acids is 1. The highest BCUT2D eigenvalue weighted by molar-refractivity contribution is 6.00. The maximum Gasteiger partial charge on any atom is 0.326 e. The molecule has 1 rings (SSSR count). The minimum absolute atomic E-state index is 0.0304. The predicted molar refractivity (Wildman–Crippen MR) is 64.6 cm³/mol. The summed E-state index contributed by atoms with van der Waals surface area (Å²) in [5.41, 5.74) is 5.67. The molecule has 98 valence electrons. The van der Waals surface area contributed by atoms with Gasteiger partial charge in [-0.25, -0.2) is 9.18 Å². The van der Waals surface area contributed by atoms with Crippen LogP contribution in [0.25, 0.3) is 0 Å². The minimum Gasteiger partial charge on any atom is -0.480 e. The second kappa shape index (κ2) is 5.48.